The zero-order valence-corrected chi connectivity index (χ0v) is 14.2. The van der Waals surface area contributed by atoms with Gasteiger partial charge in [-0.05, 0) is 36.5 Å². The Morgan fingerprint density at radius 3 is 2.10 bits per heavy atom. The summed E-state index contributed by atoms with van der Waals surface area (Å²) in [5, 5.41) is 17.7. The third-order valence-electron chi connectivity index (χ3n) is 4.15. The van der Waals surface area contributed by atoms with Crippen LogP contribution >= 0.6 is 0 Å². The minimum atomic E-state index is -0.727. The first-order valence-corrected chi connectivity index (χ1v) is 7.98. The third kappa shape index (κ3) is 10.3. The van der Waals surface area contributed by atoms with Crippen LogP contribution in [0.2, 0.25) is 0 Å². The summed E-state index contributed by atoms with van der Waals surface area (Å²) in [7, 11) is 0. The topological polar surface area (TPSA) is 74.6 Å². The minimum Gasteiger partial charge on any atom is -0.481 e. The van der Waals surface area contributed by atoms with E-state index >= 15 is 0 Å². The van der Waals surface area contributed by atoms with Crippen molar-refractivity contribution >= 4 is 11.9 Å². The van der Waals surface area contributed by atoms with Crippen molar-refractivity contribution in [1.82, 2.24) is 0 Å². The van der Waals surface area contributed by atoms with Crippen LogP contribution in [0.4, 0.5) is 0 Å². The highest BCUT2D eigenvalue weighted by atomic mass is 16.4. The fourth-order valence-corrected chi connectivity index (χ4v) is 3.17. The summed E-state index contributed by atoms with van der Waals surface area (Å²) in [6.07, 6.45) is 5.04. The van der Waals surface area contributed by atoms with Gasteiger partial charge in [0.1, 0.15) is 0 Å². The van der Waals surface area contributed by atoms with Crippen LogP contribution < -0.4 is 0 Å². The molecule has 0 rings (SSSR count). The number of rotatable bonds is 11. The first-order valence-electron chi connectivity index (χ1n) is 7.98. The summed E-state index contributed by atoms with van der Waals surface area (Å²) in [5.41, 5.74) is 0.146. The van der Waals surface area contributed by atoms with Crippen LogP contribution in [0.3, 0.4) is 0 Å². The molecule has 0 heterocycles. The lowest BCUT2D eigenvalue weighted by Crippen LogP contribution is -2.18. The van der Waals surface area contributed by atoms with Gasteiger partial charge in [0, 0.05) is 6.42 Å². The van der Waals surface area contributed by atoms with E-state index < -0.39 is 11.9 Å². The molecule has 0 aromatic rings. The predicted octanol–water partition coefficient (Wildman–Crippen LogP) is 4.43. The van der Waals surface area contributed by atoms with Gasteiger partial charge >= 0.3 is 11.9 Å². The molecule has 3 atom stereocenters. The highest BCUT2D eigenvalue weighted by Crippen LogP contribution is 2.33. The summed E-state index contributed by atoms with van der Waals surface area (Å²) in [4.78, 5) is 21.5. The van der Waals surface area contributed by atoms with E-state index in [1.807, 2.05) is 6.92 Å². The lowest BCUT2D eigenvalue weighted by Gasteiger charge is -2.28. The van der Waals surface area contributed by atoms with Gasteiger partial charge in [-0.15, -0.1) is 0 Å². The Bertz CT molecular complexity index is 336. The van der Waals surface area contributed by atoms with Crippen LogP contribution in [0.5, 0.6) is 0 Å². The maximum atomic E-state index is 10.8. The Morgan fingerprint density at radius 1 is 1.05 bits per heavy atom. The summed E-state index contributed by atoms with van der Waals surface area (Å²) < 4.78 is 0. The molecule has 4 heteroatoms. The normalized spacial score (nSPS) is 16.2. The molecule has 0 radical (unpaired) electrons. The van der Waals surface area contributed by atoms with Gasteiger partial charge in [0.2, 0.25) is 0 Å². The van der Waals surface area contributed by atoms with E-state index in [9.17, 15) is 9.59 Å². The molecule has 0 saturated carbocycles. The molecule has 0 aromatic heterocycles. The number of carboxylic acids is 2. The average Bonchev–Trinajstić information content (AvgIpc) is 2.25. The van der Waals surface area contributed by atoms with Crippen LogP contribution in [0.25, 0.3) is 0 Å². The number of carbonyl (C=O) groups is 2. The van der Waals surface area contributed by atoms with Gasteiger partial charge in [-0.1, -0.05) is 47.5 Å². The van der Waals surface area contributed by atoms with E-state index in [1.165, 1.54) is 0 Å². The Kier molecular flexibility index (Phi) is 8.60. The van der Waals surface area contributed by atoms with E-state index in [2.05, 4.69) is 20.8 Å². The molecule has 0 saturated heterocycles. The van der Waals surface area contributed by atoms with E-state index in [0.717, 1.165) is 32.1 Å². The molecule has 4 nitrogen and oxygen atoms in total. The molecule has 0 aromatic carbocycles. The van der Waals surface area contributed by atoms with Crippen molar-refractivity contribution in [1.29, 1.82) is 0 Å². The minimum absolute atomic E-state index is 0.146. The largest absolute Gasteiger partial charge is 0.481 e. The lowest BCUT2D eigenvalue weighted by atomic mass is 9.77. The molecule has 21 heavy (non-hydrogen) atoms. The molecule has 2 N–H and O–H groups in total. The number of carboxylic acid groups (broad SMARTS) is 2. The van der Waals surface area contributed by atoms with Gasteiger partial charge in [-0.25, -0.2) is 0 Å². The molecule has 0 bridgehead atoms. The van der Waals surface area contributed by atoms with E-state index in [4.69, 9.17) is 10.2 Å². The number of hydrogen-bond acceptors (Lipinski definition) is 2. The first kappa shape index (κ1) is 19.9. The van der Waals surface area contributed by atoms with Crippen LogP contribution in [0, 0.1) is 23.2 Å². The molecule has 0 aliphatic carbocycles. The lowest BCUT2D eigenvalue weighted by molar-refractivity contribution is -0.142. The third-order valence-corrected chi connectivity index (χ3v) is 4.15. The number of aliphatic carboxylic acids is 2. The van der Waals surface area contributed by atoms with Crippen molar-refractivity contribution in [3.05, 3.63) is 0 Å². The van der Waals surface area contributed by atoms with Crippen LogP contribution in [0.1, 0.15) is 73.1 Å². The summed E-state index contributed by atoms with van der Waals surface area (Å²) in [6, 6.07) is 0. The quantitative estimate of drug-likeness (QED) is 0.592. The van der Waals surface area contributed by atoms with Crippen molar-refractivity contribution in [2.24, 2.45) is 23.2 Å². The van der Waals surface area contributed by atoms with Crippen LogP contribution in [-0.4, -0.2) is 22.2 Å². The van der Waals surface area contributed by atoms with Crippen molar-refractivity contribution < 1.29 is 19.8 Å². The molecule has 0 aliphatic rings. The van der Waals surface area contributed by atoms with Crippen LogP contribution in [-0.2, 0) is 9.59 Å². The number of hydrogen-bond donors (Lipinski definition) is 2. The Hall–Kier alpha value is -1.06. The smallest absolute Gasteiger partial charge is 0.306 e. The van der Waals surface area contributed by atoms with Gasteiger partial charge in [0.25, 0.3) is 0 Å². The molecule has 3 unspecified atom stereocenters. The molecule has 0 aliphatic heterocycles. The van der Waals surface area contributed by atoms with Gasteiger partial charge in [-0.3, -0.25) is 9.59 Å². The molecule has 0 fully saturated rings. The monoisotopic (exact) mass is 300 g/mol. The zero-order valence-electron chi connectivity index (χ0n) is 14.2. The SMILES string of the molecule is CC(CCCC(C)(C)CC(C)CC(=O)O)CC(C)C(=O)O. The van der Waals surface area contributed by atoms with E-state index in [1.54, 1.807) is 6.92 Å². The van der Waals surface area contributed by atoms with Gasteiger partial charge in [-0.2, -0.15) is 0 Å². The summed E-state index contributed by atoms with van der Waals surface area (Å²) >= 11 is 0. The fraction of sp³-hybridized carbons (Fsp3) is 0.882. The van der Waals surface area contributed by atoms with Gasteiger partial charge in [0.15, 0.2) is 0 Å². The van der Waals surface area contributed by atoms with Gasteiger partial charge in [0.05, 0.1) is 5.92 Å². The standard InChI is InChI=1S/C17H32O4/c1-12(9-14(3)16(20)21)7-6-8-17(4,5)11-13(2)10-15(18)19/h12-14H,6-11H2,1-5H3,(H,18,19)(H,20,21). The van der Waals surface area contributed by atoms with Crippen molar-refractivity contribution in [3.63, 3.8) is 0 Å². The Morgan fingerprint density at radius 2 is 1.62 bits per heavy atom. The molecular formula is C17H32O4. The Balaban J connectivity index is 4.02. The first-order chi connectivity index (χ1) is 9.53. The molecule has 0 spiro atoms. The fourth-order valence-electron chi connectivity index (χ4n) is 3.17. The van der Waals surface area contributed by atoms with Gasteiger partial charge < -0.3 is 10.2 Å². The highest BCUT2D eigenvalue weighted by molar-refractivity contribution is 5.69. The second kappa shape index (κ2) is 9.06. The van der Waals surface area contributed by atoms with Crippen molar-refractivity contribution in [2.75, 3.05) is 0 Å². The van der Waals surface area contributed by atoms with Crippen molar-refractivity contribution in [3.8, 4) is 0 Å². The predicted molar refractivity (Wildman–Crippen MR) is 84.2 cm³/mol. The summed E-state index contributed by atoms with van der Waals surface area (Å²) in [5.74, 6) is -1.10. The van der Waals surface area contributed by atoms with Crippen LogP contribution in [0.15, 0.2) is 0 Å². The molecule has 0 amide bonds. The zero-order chi connectivity index (χ0) is 16.6. The Labute approximate surface area is 128 Å². The maximum absolute atomic E-state index is 10.8. The maximum Gasteiger partial charge on any atom is 0.306 e. The van der Waals surface area contributed by atoms with Crippen molar-refractivity contribution in [2.45, 2.75) is 73.1 Å². The molecular weight excluding hydrogens is 268 g/mol. The second-order valence-corrected chi connectivity index (χ2v) is 7.54. The van der Waals surface area contributed by atoms with E-state index in [-0.39, 0.29) is 23.7 Å². The second-order valence-electron chi connectivity index (χ2n) is 7.54. The average molecular weight is 300 g/mol. The highest BCUT2D eigenvalue weighted by Gasteiger charge is 2.23. The summed E-state index contributed by atoms with van der Waals surface area (Å²) in [6.45, 7) is 10.2. The van der Waals surface area contributed by atoms with E-state index in [0.29, 0.717) is 5.92 Å². The molecule has 124 valence electrons.